The Morgan fingerprint density at radius 3 is 2.49 bits per heavy atom. The van der Waals surface area contributed by atoms with Crippen LogP contribution in [-0.2, 0) is 14.4 Å². The second-order valence-corrected chi connectivity index (χ2v) is 13.1. The fraction of sp³-hybridized carbons (Fsp3) is 0.143. The molecular weight excluding hydrogens is 684 g/mol. The van der Waals surface area contributed by atoms with Crippen LogP contribution in [-0.4, -0.2) is 39.5 Å². The molecule has 3 amide bonds. The van der Waals surface area contributed by atoms with Crippen LogP contribution in [0.4, 0.5) is 17.1 Å². The van der Waals surface area contributed by atoms with Gasteiger partial charge >= 0.3 is 4.87 Å². The zero-order valence-corrected chi connectivity index (χ0v) is 25.6. The number of non-ortho nitro benzene ring substituents is 1. The summed E-state index contributed by atoms with van der Waals surface area (Å²) in [4.78, 5) is 67.5. The second-order valence-electron chi connectivity index (χ2n) is 9.56. The van der Waals surface area contributed by atoms with E-state index in [0.717, 1.165) is 28.0 Å². The first kappa shape index (κ1) is 29.1. The van der Waals surface area contributed by atoms with Crippen LogP contribution in [0.15, 0.2) is 81.0 Å². The first-order valence-corrected chi connectivity index (χ1v) is 15.5. The number of fused-ring (bicyclic) bond motifs is 2. The maximum atomic E-state index is 14.0. The number of carbonyl (C=O) groups is 3. The van der Waals surface area contributed by atoms with Gasteiger partial charge in [-0.15, -0.1) is 0 Å². The van der Waals surface area contributed by atoms with Crippen LogP contribution in [0, 0.1) is 16.0 Å². The molecule has 2 unspecified atom stereocenters. The first-order chi connectivity index (χ1) is 20.6. The number of anilines is 2. The number of nitrogens with zero attached hydrogens (tertiary/aromatic N) is 2. The van der Waals surface area contributed by atoms with Crippen LogP contribution >= 0.6 is 50.6 Å². The Morgan fingerprint density at radius 1 is 1.07 bits per heavy atom. The molecule has 2 aliphatic heterocycles. The van der Waals surface area contributed by atoms with Gasteiger partial charge in [-0.25, -0.2) is 4.90 Å². The molecule has 0 aliphatic carbocycles. The summed E-state index contributed by atoms with van der Waals surface area (Å²) in [6.45, 7) is -0.356. The Morgan fingerprint density at radius 2 is 1.79 bits per heavy atom. The number of H-pyrrole nitrogens is 1. The molecule has 43 heavy (non-hydrogen) atoms. The molecular formula is C28H18BrClN4O7S2. The number of nitro groups is 1. The Balaban J connectivity index is 1.35. The summed E-state index contributed by atoms with van der Waals surface area (Å²) in [5.41, 5.74) is 1.07. The van der Waals surface area contributed by atoms with Crippen LogP contribution in [0.25, 0.3) is 0 Å². The number of benzene rings is 3. The molecule has 6 rings (SSSR count). The Labute approximate surface area is 264 Å². The topological polar surface area (TPSA) is 152 Å². The van der Waals surface area contributed by atoms with Crippen LogP contribution in [0.3, 0.4) is 0 Å². The van der Waals surface area contributed by atoms with Crippen molar-refractivity contribution in [3.8, 4) is 5.75 Å². The van der Waals surface area contributed by atoms with E-state index in [2.05, 4.69) is 26.2 Å². The smallest absolute Gasteiger partial charge is 0.305 e. The lowest BCUT2D eigenvalue weighted by Crippen LogP contribution is -2.32. The summed E-state index contributed by atoms with van der Waals surface area (Å²) >= 11 is 11.4. The van der Waals surface area contributed by atoms with E-state index in [9.17, 15) is 29.3 Å². The molecule has 1 fully saturated rings. The van der Waals surface area contributed by atoms with Crippen molar-refractivity contribution in [2.75, 3.05) is 16.8 Å². The molecule has 1 saturated heterocycles. The SMILES string of the molecule is O=C(COc1ccc(Br)cc1[C@H]1c2sc(=O)[nH]c2SC2C(=O)N(c3ccc([N+](=O)[O-])cc3)C(=O)C21)Nc1ccc(Cl)cc1. The lowest BCUT2D eigenvalue weighted by molar-refractivity contribution is -0.384. The average Bonchev–Trinajstić information content (AvgIpc) is 3.47. The molecule has 11 nitrogen and oxygen atoms in total. The highest BCUT2D eigenvalue weighted by atomic mass is 79.9. The van der Waals surface area contributed by atoms with E-state index in [1.165, 1.54) is 24.3 Å². The van der Waals surface area contributed by atoms with Gasteiger partial charge in [0.25, 0.3) is 11.6 Å². The second kappa shape index (κ2) is 11.6. The minimum atomic E-state index is -0.925. The molecule has 3 aromatic carbocycles. The van der Waals surface area contributed by atoms with Gasteiger partial charge in [-0.3, -0.25) is 29.3 Å². The zero-order valence-electron chi connectivity index (χ0n) is 21.6. The maximum Gasteiger partial charge on any atom is 0.305 e. The number of nitrogens with one attached hydrogen (secondary N) is 2. The van der Waals surface area contributed by atoms with Crippen molar-refractivity contribution in [3.05, 3.63) is 106 Å². The summed E-state index contributed by atoms with van der Waals surface area (Å²) in [6.07, 6.45) is 0. The van der Waals surface area contributed by atoms with E-state index in [4.69, 9.17) is 16.3 Å². The highest BCUT2D eigenvalue weighted by molar-refractivity contribution is 9.10. The minimum Gasteiger partial charge on any atom is -0.483 e. The third-order valence-corrected chi connectivity index (χ3v) is 10.1. The summed E-state index contributed by atoms with van der Waals surface area (Å²) in [6, 6.07) is 16.9. The van der Waals surface area contributed by atoms with Crippen molar-refractivity contribution in [1.29, 1.82) is 0 Å². The highest BCUT2D eigenvalue weighted by Gasteiger charge is 2.57. The van der Waals surface area contributed by atoms with Gasteiger partial charge in [-0.05, 0) is 54.6 Å². The number of halogens is 2. The lowest BCUT2D eigenvalue weighted by Gasteiger charge is -2.31. The quantitative estimate of drug-likeness (QED) is 0.144. The number of hydrogen-bond donors (Lipinski definition) is 2. The normalized spacial score (nSPS) is 19.1. The number of aromatic nitrogens is 1. The van der Waals surface area contributed by atoms with Gasteiger partial charge in [-0.1, -0.05) is 50.6 Å². The molecule has 218 valence electrons. The molecule has 2 N–H and O–H groups in total. The molecule has 4 aromatic rings. The van der Waals surface area contributed by atoms with Crippen LogP contribution in [0.5, 0.6) is 5.75 Å². The summed E-state index contributed by atoms with van der Waals surface area (Å²) in [5, 5.41) is 14.0. The van der Waals surface area contributed by atoms with E-state index in [0.29, 0.717) is 36.4 Å². The zero-order chi connectivity index (χ0) is 30.4. The van der Waals surface area contributed by atoms with Crippen molar-refractivity contribution in [3.63, 3.8) is 0 Å². The number of aromatic amines is 1. The Kier molecular flexibility index (Phi) is 7.85. The third kappa shape index (κ3) is 5.58. The number of rotatable bonds is 7. The van der Waals surface area contributed by atoms with E-state index in [-0.39, 0.29) is 22.9 Å². The largest absolute Gasteiger partial charge is 0.483 e. The lowest BCUT2D eigenvalue weighted by atomic mass is 9.82. The average molecular weight is 702 g/mol. The maximum absolute atomic E-state index is 14.0. The summed E-state index contributed by atoms with van der Waals surface area (Å²) in [5.74, 6) is -2.85. The van der Waals surface area contributed by atoms with E-state index >= 15 is 0 Å². The molecule has 3 atom stereocenters. The number of hydrogen-bond acceptors (Lipinski definition) is 9. The Bertz CT molecular complexity index is 1850. The van der Waals surface area contributed by atoms with Crippen molar-refractivity contribution in [2.45, 2.75) is 16.2 Å². The molecule has 15 heteroatoms. The number of imide groups is 1. The van der Waals surface area contributed by atoms with Gasteiger partial charge in [0.2, 0.25) is 11.8 Å². The summed E-state index contributed by atoms with van der Waals surface area (Å²) < 4.78 is 6.62. The standard InChI is InChI=1S/C28H18BrClN4O7S2/c29-13-1-10-19(41-12-20(35)31-15-4-2-14(30)3-5-15)18(11-13)21-22-24(42-25-23(21)43-28(38)32-25)27(37)33(26(22)36)16-6-8-17(9-7-16)34(39)40/h1-11,21-22,24H,12H2,(H,31,35)(H,32,38)/t21-,22?,24?/m1/s1. The molecule has 0 bridgehead atoms. The molecule has 0 saturated carbocycles. The number of thioether (sulfide) groups is 1. The number of thiazole rings is 1. The first-order valence-electron chi connectivity index (χ1n) is 12.6. The highest BCUT2D eigenvalue weighted by Crippen LogP contribution is 2.54. The van der Waals surface area contributed by atoms with E-state index in [1.54, 1.807) is 42.5 Å². The van der Waals surface area contributed by atoms with Gasteiger partial charge in [0, 0.05) is 43.7 Å². The van der Waals surface area contributed by atoms with Crippen LogP contribution < -0.4 is 19.8 Å². The fourth-order valence-electron chi connectivity index (χ4n) is 5.10. The van der Waals surface area contributed by atoms with Crippen molar-refractivity contribution in [2.24, 2.45) is 5.92 Å². The number of amides is 3. The molecule has 0 radical (unpaired) electrons. The number of ether oxygens (including phenoxy) is 1. The van der Waals surface area contributed by atoms with Crippen molar-refractivity contribution < 1.29 is 24.0 Å². The van der Waals surface area contributed by atoms with Crippen LogP contribution in [0.1, 0.15) is 16.4 Å². The Hall–Kier alpha value is -3.98. The van der Waals surface area contributed by atoms with E-state index < -0.39 is 39.7 Å². The van der Waals surface area contributed by atoms with Gasteiger partial charge in [-0.2, -0.15) is 0 Å². The minimum absolute atomic E-state index is 0.178. The monoisotopic (exact) mass is 700 g/mol. The fourth-order valence-corrected chi connectivity index (χ4v) is 8.11. The van der Waals surface area contributed by atoms with Crippen molar-refractivity contribution in [1.82, 2.24) is 4.98 Å². The van der Waals surface area contributed by atoms with Crippen molar-refractivity contribution >= 4 is 85.4 Å². The van der Waals surface area contributed by atoms with Gasteiger partial charge in [0.05, 0.1) is 21.6 Å². The predicted octanol–water partition coefficient (Wildman–Crippen LogP) is 5.57. The predicted molar refractivity (Wildman–Crippen MR) is 165 cm³/mol. The number of carbonyl (C=O) groups excluding carboxylic acids is 3. The molecule has 1 aromatic heterocycles. The number of nitro benzene ring substituents is 1. The van der Waals surface area contributed by atoms with Gasteiger partial charge < -0.3 is 15.0 Å². The van der Waals surface area contributed by atoms with E-state index in [1.807, 2.05) is 0 Å². The molecule has 3 heterocycles. The summed E-state index contributed by atoms with van der Waals surface area (Å²) in [7, 11) is 0. The van der Waals surface area contributed by atoms with Gasteiger partial charge in [0.1, 0.15) is 11.0 Å². The van der Waals surface area contributed by atoms with Crippen LogP contribution in [0.2, 0.25) is 5.02 Å². The van der Waals surface area contributed by atoms with Gasteiger partial charge in [0.15, 0.2) is 6.61 Å². The molecule has 0 spiro atoms. The molecule has 2 aliphatic rings. The third-order valence-electron chi connectivity index (χ3n) is 6.94.